The molecule has 0 aliphatic heterocycles. The molecule has 1 N–H and O–H groups in total. The molecule has 1 nitrogen and oxygen atoms in total. The molecule has 1 heterocycles. The second-order valence-electron chi connectivity index (χ2n) is 4.67. The molecule has 1 unspecified atom stereocenters. The normalized spacial score (nSPS) is 13.4. The van der Waals surface area contributed by atoms with Gasteiger partial charge >= 0.3 is 6.18 Å². The maximum Gasteiger partial charge on any atom is 0.417 e. The molecule has 6 heteroatoms. The monoisotopic (exact) mass is 333 g/mol. The van der Waals surface area contributed by atoms with E-state index >= 15 is 0 Å². The maximum atomic E-state index is 13.1. The van der Waals surface area contributed by atoms with Gasteiger partial charge in [-0.1, -0.05) is 24.6 Å². The molecule has 1 aromatic carbocycles. The Bertz CT molecular complexity index is 622. The second kappa shape index (κ2) is 6.38. The number of nitrogens with one attached hydrogen (secondary N) is 1. The lowest BCUT2D eigenvalue weighted by molar-refractivity contribution is -0.137. The molecule has 0 radical (unpaired) electrons. The largest absolute Gasteiger partial charge is 0.417 e. The van der Waals surface area contributed by atoms with Gasteiger partial charge in [-0.2, -0.15) is 13.2 Å². The van der Waals surface area contributed by atoms with Crippen LogP contribution in [-0.4, -0.2) is 6.54 Å². The minimum atomic E-state index is -4.42. The minimum absolute atomic E-state index is 0.0869. The molecule has 0 bridgehead atoms. The first kappa shape index (κ1) is 16.3. The van der Waals surface area contributed by atoms with Gasteiger partial charge in [-0.3, -0.25) is 0 Å². The number of hydrogen-bond acceptors (Lipinski definition) is 2. The van der Waals surface area contributed by atoms with Gasteiger partial charge in [-0.25, -0.2) is 0 Å². The van der Waals surface area contributed by atoms with E-state index in [2.05, 4.69) is 5.32 Å². The van der Waals surface area contributed by atoms with Crippen LogP contribution in [0.15, 0.2) is 30.3 Å². The number of benzene rings is 1. The fraction of sp³-hybridized carbons (Fsp3) is 0.333. The van der Waals surface area contributed by atoms with E-state index in [0.717, 1.165) is 17.5 Å². The highest BCUT2D eigenvalue weighted by Crippen LogP contribution is 2.41. The third-order valence-electron chi connectivity index (χ3n) is 3.12. The quantitative estimate of drug-likeness (QED) is 0.750. The molecule has 21 heavy (non-hydrogen) atoms. The third-order valence-corrected chi connectivity index (χ3v) is 4.65. The Balaban J connectivity index is 2.43. The first-order chi connectivity index (χ1) is 9.82. The highest BCUT2D eigenvalue weighted by molar-refractivity contribution is 7.15. The Morgan fingerprint density at radius 3 is 2.57 bits per heavy atom. The second-order valence-corrected chi connectivity index (χ2v) is 6.22. The molecule has 0 spiro atoms. The molecule has 0 aliphatic carbocycles. The molecular formula is C15H15ClF3NS. The van der Waals surface area contributed by atoms with Gasteiger partial charge in [0.1, 0.15) is 0 Å². The molecule has 2 rings (SSSR count). The average Bonchev–Trinajstić information content (AvgIpc) is 2.87. The SMILES string of the molecule is CCNC(C)c1ccc(-c2ccc(Cl)cc2C(F)(F)F)s1. The van der Waals surface area contributed by atoms with Crippen LogP contribution in [0.1, 0.15) is 30.3 Å². The van der Waals surface area contributed by atoms with Gasteiger partial charge in [0, 0.05) is 26.4 Å². The number of hydrogen-bond donors (Lipinski definition) is 1. The van der Waals surface area contributed by atoms with Gasteiger partial charge < -0.3 is 5.32 Å². The summed E-state index contributed by atoms with van der Waals surface area (Å²) in [4.78, 5) is 1.61. The fourth-order valence-corrected chi connectivity index (χ4v) is 3.35. The summed E-state index contributed by atoms with van der Waals surface area (Å²) in [7, 11) is 0. The molecule has 1 atom stereocenters. The van der Waals surface area contributed by atoms with Crippen molar-refractivity contribution < 1.29 is 13.2 Å². The van der Waals surface area contributed by atoms with Crippen LogP contribution in [0.2, 0.25) is 5.02 Å². The molecular weight excluding hydrogens is 319 g/mol. The summed E-state index contributed by atoms with van der Waals surface area (Å²) in [6.45, 7) is 4.79. The summed E-state index contributed by atoms with van der Waals surface area (Å²) in [6, 6.07) is 7.60. The summed E-state index contributed by atoms with van der Waals surface area (Å²) in [5.41, 5.74) is -0.522. The van der Waals surface area contributed by atoms with Crippen LogP contribution in [0.3, 0.4) is 0 Å². The standard InChI is InChI=1S/C15H15ClF3NS/c1-3-20-9(2)13-6-7-14(21-13)11-5-4-10(16)8-12(11)15(17,18)19/h4-9,20H,3H2,1-2H3. The van der Waals surface area contributed by atoms with Crippen molar-refractivity contribution in [2.75, 3.05) is 6.54 Å². The first-order valence-electron chi connectivity index (χ1n) is 6.53. The van der Waals surface area contributed by atoms with Crippen molar-refractivity contribution >= 4 is 22.9 Å². The predicted molar refractivity (Wildman–Crippen MR) is 81.9 cm³/mol. The summed E-state index contributed by atoms with van der Waals surface area (Å²) in [6.07, 6.45) is -4.42. The van der Waals surface area contributed by atoms with Gasteiger partial charge in [-0.05, 0) is 37.7 Å². The lowest BCUT2D eigenvalue weighted by Gasteiger charge is -2.12. The Morgan fingerprint density at radius 1 is 1.24 bits per heavy atom. The van der Waals surface area contributed by atoms with Gasteiger partial charge in [0.15, 0.2) is 0 Å². The Kier molecular flexibility index (Phi) is 4.96. The molecule has 0 amide bonds. The van der Waals surface area contributed by atoms with Gasteiger partial charge in [0.2, 0.25) is 0 Å². The zero-order valence-electron chi connectivity index (χ0n) is 11.6. The molecule has 0 aliphatic rings. The number of rotatable bonds is 4. The summed E-state index contributed by atoms with van der Waals surface area (Å²) >= 11 is 7.07. The first-order valence-corrected chi connectivity index (χ1v) is 7.72. The van der Waals surface area contributed by atoms with E-state index < -0.39 is 11.7 Å². The Morgan fingerprint density at radius 2 is 1.95 bits per heavy atom. The molecule has 0 fully saturated rings. The van der Waals surface area contributed by atoms with Crippen molar-refractivity contribution in [1.82, 2.24) is 5.32 Å². The smallest absolute Gasteiger partial charge is 0.310 e. The van der Waals surface area contributed by atoms with Crippen molar-refractivity contribution in [3.8, 4) is 10.4 Å². The molecule has 0 saturated carbocycles. The minimum Gasteiger partial charge on any atom is -0.310 e. The van der Waals surface area contributed by atoms with Crippen LogP contribution in [-0.2, 0) is 6.18 Å². The van der Waals surface area contributed by atoms with E-state index in [1.54, 1.807) is 6.07 Å². The maximum absolute atomic E-state index is 13.1. The molecule has 2 aromatic rings. The van der Waals surface area contributed by atoms with Crippen molar-refractivity contribution in [2.24, 2.45) is 0 Å². The van der Waals surface area contributed by atoms with Crippen LogP contribution in [0, 0.1) is 0 Å². The average molecular weight is 334 g/mol. The predicted octanol–water partition coefficient (Wildman–Crippen LogP) is 5.76. The number of thiophene rings is 1. The summed E-state index contributed by atoms with van der Waals surface area (Å²) in [5, 5.41) is 3.33. The highest BCUT2D eigenvalue weighted by Gasteiger charge is 2.34. The van der Waals surface area contributed by atoms with Crippen LogP contribution in [0.4, 0.5) is 13.2 Å². The van der Waals surface area contributed by atoms with Crippen LogP contribution in [0.5, 0.6) is 0 Å². The van der Waals surface area contributed by atoms with Crippen LogP contribution >= 0.6 is 22.9 Å². The van der Waals surface area contributed by atoms with Gasteiger partial charge in [0.25, 0.3) is 0 Å². The van der Waals surface area contributed by atoms with E-state index in [9.17, 15) is 13.2 Å². The highest BCUT2D eigenvalue weighted by atomic mass is 35.5. The van der Waals surface area contributed by atoms with Gasteiger partial charge in [-0.15, -0.1) is 11.3 Å². The summed E-state index contributed by atoms with van der Waals surface area (Å²) in [5.74, 6) is 0. The summed E-state index contributed by atoms with van der Waals surface area (Å²) < 4.78 is 39.4. The van der Waals surface area contributed by atoms with Crippen LogP contribution in [0.25, 0.3) is 10.4 Å². The van der Waals surface area contributed by atoms with E-state index in [1.807, 2.05) is 19.9 Å². The zero-order valence-corrected chi connectivity index (χ0v) is 13.2. The van der Waals surface area contributed by atoms with E-state index in [-0.39, 0.29) is 16.6 Å². The third kappa shape index (κ3) is 3.78. The fourth-order valence-electron chi connectivity index (χ4n) is 2.10. The van der Waals surface area contributed by atoms with Crippen molar-refractivity contribution in [2.45, 2.75) is 26.1 Å². The molecule has 1 aromatic heterocycles. The van der Waals surface area contributed by atoms with E-state index in [1.165, 1.54) is 23.5 Å². The van der Waals surface area contributed by atoms with E-state index in [4.69, 9.17) is 11.6 Å². The number of halogens is 4. The Hall–Kier alpha value is -1.04. The lowest BCUT2D eigenvalue weighted by Crippen LogP contribution is -2.16. The molecule has 0 saturated heterocycles. The van der Waals surface area contributed by atoms with Gasteiger partial charge in [0.05, 0.1) is 5.56 Å². The van der Waals surface area contributed by atoms with Crippen molar-refractivity contribution in [3.63, 3.8) is 0 Å². The van der Waals surface area contributed by atoms with Crippen molar-refractivity contribution in [1.29, 1.82) is 0 Å². The van der Waals surface area contributed by atoms with E-state index in [0.29, 0.717) is 4.88 Å². The Labute approximate surface area is 130 Å². The van der Waals surface area contributed by atoms with Crippen LogP contribution < -0.4 is 5.32 Å². The van der Waals surface area contributed by atoms with Crippen molar-refractivity contribution in [3.05, 3.63) is 45.8 Å². The lowest BCUT2D eigenvalue weighted by atomic mass is 10.1. The topological polar surface area (TPSA) is 12.0 Å². The zero-order chi connectivity index (χ0) is 15.6. The number of alkyl halides is 3. The molecule has 114 valence electrons.